The fourth-order valence-electron chi connectivity index (χ4n) is 2.72. The Bertz CT molecular complexity index is 702. The number of benzene rings is 2. The first kappa shape index (κ1) is 16.5. The second kappa shape index (κ2) is 7.45. The summed E-state index contributed by atoms with van der Waals surface area (Å²) >= 11 is 0. The van der Waals surface area contributed by atoms with Crippen molar-refractivity contribution in [1.29, 1.82) is 0 Å². The number of carbonyl (C=O) groups excluding carboxylic acids is 1. The number of hydrogen-bond acceptors (Lipinski definition) is 3. The Balaban J connectivity index is 1.49. The average molecular weight is 329 g/mol. The average Bonchev–Trinajstić information content (AvgIpc) is 2.61. The van der Waals surface area contributed by atoms with Crippen LogP contribution in [0.1, 0.15) is 11.1 Å². The molecular weight excluding hydrogens is 309 g/mol. The molecule has 0 N–H and O–H groups in total. The van der Waals surface area contributed by atoms with Gasteiger partial charge in [0.25, 0.3) is 5.91 Å². The Hall–Kier alpha value is -2.40. The molecule has 2 aromatic rings. The van der Waals surface area contributed by atoms with Crippen LogP contribution in [-0.4, -0.2) is 37.1 Å². The smallest absolute Gasteiger partial charge is 0.260 e. The van der Waals surface area contributed by atoms with E-state index in [4.69, 9.17) is 9.47 Å². The molecule has 1 heterocycles. The third kappa shape index (κ3) is 4.11. The minimum Gasteiger partial charge on any atom is -0.484 e. The lowest BCUT2D eigenvalue weighted by atomic mass is 9.99. The summed E-state index contributed by atoms with van der Waals surface area (Å²) < 4.78 is 24.1. The van der Waals surface area contributed by atoms with Crippen LogP contribution in [0, 0.1) is 5.82 Å². The van der Waals surface area contributed by atoms with E-state index in [0.29, 0.717) is 18.9 Å². The van der Waals surface area contributed by atoms with Crippen LogP contribution in [0.2, 0.25) is 0 Å². The van der Waals surface area contributed by atoms with Crippen LogP contribution < -0.4 is 4.74 Å². The lowest BCUT2D eigenvalue weighted by Crippen LogP contribution is -2.40. The molecule has 0 radical (unpaired) electrons. The summed E-state index contributed by atoms with van der Waals surface area (Å²) in [7, 11) is 1.74. The molecule has 0 saturated carbocycles. The SMILES string of the molecule is CN(CC1Cc2ccccc2CO1)C(=O)COc1ccc(F)cc1. The normalized spacial score (nSPS) is 16.3. The third-order valence-electron chi connectivity index (χ3n) is 4.12. The first-order chi connectivity index (χ1) is 11.6. The Kier molecular flexibility index (Phi) is 5.11. The van der Waals surface area contributed by atoms with Gasteiger partial charge in [0.15, 0.2) is 6.61 Å². The van der Waals surface area contributed by atoms with Crippen LogP contribution in [0.4, 0.5) is 4.39 Å². The molecule has 1 aliphatic rings. The van der Waals surface area contributed by atoms with E-state index >= 15 is 0 Å². The molecule has 0 aromatic heterocycles. The summed E-state index contributed by atoms with van der Waals surface area (Å²) in [5.74, 6) is 0.00306. The number of ether oxygens (including phenoxy) is 2. The Morgan fingerprint density at radius 3 is 2.67 bits per heavy atom. The van der Waals surface area contributed by atoms with Gasteiger partial charge in [0, 0.05) is 20.0 Å². The fraction of sp³-hybridized carbons (Fsp3) is 0.316. The Morgan fingerprint density at radius 2 is 1.92 bits per heavy atom. The quantitative estimate of drug-likeness (QED) is 0.847. The fourth-order valence-corrected chi connectivity index (χ4v) is 2.72. The molecule has 126 valence electrons. The maximum atomic E-state index is 12.8. The molecule has 1 unspecified atom stereocenters. The molecule has 0 saturated heterocycles. The van der Waals surface area contributed by atoms with E-state index in [9.17, 15) is 9.18 Å². The van der Waals surface area contributed by atoms with E-state index in [1.54, 1.807) is 11.9 Å². The lowest BCUT2D eigenvalue weighted by Gasteiger charge is -2.29. The van der Waals surface area contributed by atoms with Crippen LogP contribution in [0.15, 0.2) is 48.5 Å². The van der Waals surface area contributed by atoms with E-state index in [1.165, 1.54) is 35.4 Å². The second-order valence-electron chi connectivity index (χ2n) is 5.92. The molecule has 5 heteroatoms. The highest BCUT2D eigenvalue weighted by Gasteiger charge is 2.22. The zero-order chi connectivity index (χ0) is 16.9. The molecule has 1 aliphatic heterocycles. The topological polar surface area (TPSA) is 38.8 Å². The van der Waals surface area contributed by atoms with E-state index in [-0.39, 0.29) is 24.4 Å². The van der Waals surface area contributed by atoms with E-state index in [1.807, 2.05) is 12.1 Å². The minimum atomic E-state index is -0.333. The van der Waals surface area contributed by atoms with Crippen molar-refractivity contribution in [3.63, 3.8) is 0 Å². The van der Waals surface area contributed by atoms with Gasteiger partial charge in [-0.15, -0.1) is 0 Å². The number of hydrogen-bond donors (Lipinski definition) is 0. The second-order valence-corrected chi connectivity index (χ2v) is 5.92. The molecule has 1 amide bonds. The minimum absolute atomic E-state index is 0.0142. The van der Waals surface area contributed by atoms with Gasteiger partial charge in [-0.3, -0.25) is 4.79 Å². The van der Waals surface area contributed by atoms with Gasteiger partial charge in [0.05, 0.1) is 12.7 Å². The molecule has 0 aliphatic carbocycles. The van der Waals surface area contributed by atoms with Crippen LogP contribution in [0.5, 0.6) is 5.75 Å². The van der Waals surface area contributed by atoms with Gasteiger partial charge in [0.2, 0.25) is 0 Å². The first-order valence-corrected chi connectivity index (χ1v) is 7.92. The van der Waals surface area contributed by atoms with Gasteiger partial charge < -0.3 is 14.4 Å². The molecular formula is C19H20FNO3. The van der Waals surface area contributed by atoms with Gasteiger partial charge in [-0.25, -0.2) is 4.39 Å². The van der Waals surface area contributed by atoms with Crippen molar-refractivity contribution in [1.82, 2.24) is 4.90 Å². The van der Waals surface area contributed by atoms with Gasteiger partial charge in [-0.2, -0.15) is 0 Å². The molecule has 1 atom stereocenters. The van der Waals surface area contributed by atoms with Crippen LogP contribution in [-0.2, 0) is 22.6 Å². The molecule has 3 rings (SSSR count). The number of halogens is 1. The van der Waals surface area contributed by atoms with Gasteiger partial charge in [0.1, 0.15) is 11.6 Å². The molecule has 0 spiro atoms. The Morgan fingerprint density at radius 1 is 1.21 bits per heavy atom. The van der Waals surface area contributed by atoms with Crippen molar-refractivity contribution in [2.45, 2.75) is 19.1 Å². The van der Waals surface area contributed by atoms with Crippen LogP contribution in [0.25, 0.3) is 0 Å². The first-order valence-electron chi connectivity index (χ1n) is 7.92. The van der Waals surface area contributed by atoms with Gasteiger partial charge in [-0.1, -0.05) is 24.3 Å². The predicted molar refractivity (Wildman–Crippen MR) is 88.3 cm³/mol. The largest absolute Gasteiger partial charge is 0.484 e. The monoisotopic (exact) mass is 329 g/mol. The highest BCUT2D eigenvalue weighted by Crippen LogP contribution is 2.20. The molecule has 0 bridgehead atoms. The highest BCUT2D eigenvalue weighted by atomic mass is 19.1. The number of carbonyl (C=O) groups is 1. The van der Waals surface area contributed by atoms with E-state index in [2.05, 4.69) is 12.1 Å². The molecule has 4 nitrogen and oxygen atoms in total. The molecule has 24 heavy (non-hydrogen) atoms. The van der Waals surface area contributed by atoms with Gasteiger partial charge >= 0.3 is 0 Å². The zero-order valence-electron chi connectivity index (χ0n) is 13.6. The Labute approximate surface area is 140 Å². The van der Waals surface area contributed by atoms with Crippen molar-refractivity contribution in [2.24, 2.45) is 0 Å². The number of amides is 1. The number of fused-ring (bicyclic) bond motifs is 1. The summed E-state index contributed by atoms with van der Waals surface area (Å²) in [6.45, 7) is 1.01. The number of likely N-dealkylation sites (N-methyl/N-ethyl adjacent to an activating group) is 1. The molecule has 0 fully saturated rings. The van der Waals surface area contributed by atoms with Crippen molar-refractivity contribution in [3.8, 4) is 5.75 Å². The number of nitrogens with zero attached hydrogens (tertiary/aromatic N) is 1. The lowest BCUT2D eigenvalue weighted by molar-refractivity contribution is -0.134. The van der Waals surface area contributed by atoms with Crippen molar-refractivity contribution >= 4 is 5.91 Å². The highest BCUT2D eigenvalue weighted by molar-refractivity contribution is 5.77. The summed E-state index contributed by atoms with van der Waals surface area (Å²) in [5.41, 5.74) is 2.49. The van der Waals surface area contributed by atoms with Crippen LogP contribution in [0.3, 0.4) is 0 Å². The van der Waals surface area contributed by atoms with E-state index < -0.39 is 0 Å². The van der Waals surface area contributed by atoms with Crippen molar-refractivity contribution < 1.29 is 18.7 Å². The summed E-state index contributed by atoms with van der Waals surface area (Å²) in [6.07, 6.45) is 0.784. The van der Waals surface area contributed by atoms with E-state index in [0.717, 1.165) is 6.42 Å². The molecule has 2 aromatic carbocycles. The summed E-state index contributed by atoms with van der Waals surface area (Å²) in [6, 6.07) is 13.8. The maximum absolute atomic E-state index is 12.8. The summed E-state index contributed by atoms with van der Waals surface area (Å²) in [4.78, 5) is 13.8. The third-order valence-corrected chi connectivity index (χ3v) is 4.12. The summed E-state index contributed by atoms with van der Waals surface area (Å²) in [5, 5.41) is 0. The van der Waals surface area contributed by atoms with Crippen LogP contribution >= 0.6 is 0 Å². The zero-order valence-corrected chi connectivity index (χ0v) is 13.6. The standard InChI is InChI=1S/C19H20FNO3/c1-21(19(22)13-24-17-8-6-16(20)7-9-17)11-18-10-14-4-2-3-5-15(14)12-23-18/h2-9,18H,10-13H2,1H3. The van der Waals surface area contributed by atoms with Crippen molar-refractivity contribution in [2.75, 3.05) is 20.2 Å². The van der Waals surface area contributed by atoms with Crippen molar-refractivity contribution in [3.05, 3.63) is 65.5 Å². The van der Waals surface area contributed by atoms with Gasteiger partial charge in [-0.05, 0) is 35.4 Å². The predicted octanol–water partition coefficient (Wildman–Crippen LogP) is 2.80. The maximum Gasteiger partial charge on any atom is 0.260 e. The number of rotatable bonds is 5.